The average molecular weight is 304 g/mol. The summed E-state index contributed by atoms with van der Waals surface area (Å²) in [5.41, 5.74) is 3.45. The zero-order valence-electron chi connectivity index (χ0n) is 13.3. The quantitative estimate of drug-likeness (QED) is 0.858. The highest BCUT2D eigenvalue weighted by atomic mass is 16.5. The van der Waals surface area contributed by atoms with Gasteiger partial charge in [0.15, 0.2) is 0 Å². The highest BCUT2D eigenvalue weighted by Gasteiger charge is 2.10. The molecule has 0 amide bonds. The van der Waals surface area contributed by atoms with Crippen LogP contribution >= 0.6 is 0 Å². The van der Waals surface area contributed by atoms with Crippen molar-refractivity contribution in [3.05, 3.63) is 29.8 Å². The smallest absolute Gasteiger partial charge is 0.0729 e. The Morgan fingerprint density at radius 3 is 2.73 bits per heavy atom. The van der Waals surface area contributed by atoms with Gasteiger partial charge >= 0.3 is 0 Å². The molecule has 1 fully saturated rings. The molecule has 3 rings (SSSR count). The Kier molecular flexibility index (Phi) is 4.74. The van der Waals surface area contributed by atoms with Crippen LogP contribution in [-0.4, -0.2) is 57.3 Å². The molecule has 1 saturated heterocycles. The SMILES string of the molecule is Cc1c(CNc2cnn(CCN3CCOCC3)c2)cnn1C. The van der Waals surface area contributed by atoms with Crippen molar-refractivity contribution >= 4 is 5.69 Å². The van der Waals surface area contributed by atoms with Gasteiger partial charge in [-0.05, 0) is 6.92 Å². The molecule has 1 aliphatic heterocycles. The topological polar surface area (TPSA) is 60.1 Å². The van der Waals surface area contributed by atoms with Crippen LogP contribution in [0.4, 0.5) is 5.69 Å². The summed E-state index contributed by atoms with van der Waals surface area (Å²) in [6.45, 7) is 8.51. The highest BCUT2D eigenvalue weighted by Crippen LogP contribution is 2.11. The molecule has 0 atom stereocenters. The predicted octanol–water partition coefficient (Wildman–Crippen LogP) is 0.869. The van der Waals surface area contributed by atoms with Crippen LogP contribution in [0, 0.1) is 6.92 Å². The molecular formula is C15H24N6O. The lowest BCUT2D eigenvalue weighted by molar-refractivity contribution is 0.0360. The summed E-state index contributed by atoms with van der Waals surface area (Å²) in [5.74, 6) is 0. The summed E-state index contributed by atoms with van der Waals surface area (Å²) >= 11 is 0. The molecule has 1 aliphatic rings. The van der Waals surface area contributed by atoms with Crippen LogP contribution in [0.15, 0.2) is 18.6 Å². The summed E-state index contributed by atoms with van der Waals surface area (Å²) in [6, 6.07) is 0. The number of ether oxygens (including phenoxy) is 1. The standard InChI is InChI=1S/C15H24N6O/c1-13-14(10-17-19(13)2)9-16-15-11-18-21(12-15)4-3-20-5-7-22-8-6-20/h10-12,16H,3-9H2,1-2H3. The van der Waals surface area contributed by atoms with E-state index in [1.165, 1.54) is 11.3 Å². The third kappa shape index (κ3) is 3.66. The Hall–Kier alpha value is -1.86. The van der Waals surface area contributed by atoms with Gasteiger partial charge in [0.25, 0.3) is 0 Å². The minimum absolute atomic E-state index is 0.773. The van der Waals surface area contributed by atoms with Crippen molar-refractivity contribution in [3.63, 3.8) is 0 Å². The van der Waals surface area contributed by atoms with Gasteiger partial charge in [-0.1, -0.05) is 0 Å². The maximum atomic E-state index is 5.36. The molecule has 7 heteroatoms. The molecule has 2 aromatic rings. The average Bonchev–Trinajstić information content (AvgIpc) is 3.13. The summed E-state index contributed by atoms with van der Waals surface area (Å²) in [6.07, 6.45) is 5.85. The summed E-state index contributed by atoms with van der Waals surface area (Å²) < 4.78 is 9.25. The first-order valence-corrected chi connectivity index (χ1v) is 7.76. The summed E-state index contributed by atoms with van der Waals surface area (Å²) in [5, 5.41) is 12.1. The first-order chi connectivity index (χ1) is 10.7. The van der Waals surface area contributed by atoms with E-state index >= 15 is 0 Å². The normalized spacial score (nSPS) is 16.1. The molecule has 0 radical (unpaired) electrons. The number of nitrogens with one attached hydrogen (secondary N) is 1. The van der Waals surface area contributed by atoms with Crippen LogP contribution in [0.1, 0.15) is 11.3 Å². The van der Waals surface area contributed by atoms with Gasteiger partial charge in [-0.25, -0.2) is 0 Å². The number of aromatic nitrogens is 4. The second kappa shape index (κ2) is 6.93. The van der Waals surface area contributed by atoms with Crippen LogP contribution in [0.5, 0.6) is 0 Å². The van der Waals surface area contributed by atoms with Crippen LogP contribution in [-0.2, 0) is 24.9 Å². The Labute approximate surface area is 130 Å². The van der Waals surface area contributed by atoms with E-state index in [0.717, 1.165) is 51.6 Å². The largest absolute Gasteiger partial charge is 0.379 e. The van der Waals surface area contributed by atoms with Crippen molar-refractivity contribution in [1.82, 2.24) is 24.5 Å². The fraction of sp³-hybridized carbons (Fsp3) is 0.600. The number of nitrogens with zero attached hydrogens (tertiary/aromatic N) is 5. The molecule has 3 heterocycles. The van der Waals surface area contributed by atoms with Crippen molar-refractivity contribution in [2.45, 2.75) is 20.0 Å². The minimum atomic E-state index is 0.773. The Balaban J connectivity index is 1.47. The number of rotatable bonds is 6. The van der Waals surface area contributed by atoms with E-state index in [1.54, 1.807) is 0 Å². The number of anilines is 1. The second-order valence-corrected chi connectivity index (χ2v) is 5.68. The van der Waals surface area contributed by atoms with Crippen LogP contribution in [0.2, 0.25) is 0 Å². The predicted molar refractivity (Wildman–Crippen MR) is 84.8 cm³/mol. The van der Waals surface area contributed by atoms with Crippen molar-refractivity contribution in [3.8, 4) is 0 Å². The van der Waals surface area contributed by atoms with Gasteiger partial charge in [-0.15, -0.1) is 0 Å². The molecule has 0 spiro atoms. The van der Waals surface area contributed by atoms with Crippen molar-refractivity contribution in [2.75, 3.05) is 38.2 Å². The van der Waals surface area contributed by atoms with E-state index in [2.05, 4.69) is 33.5 Å². The minimum Gasteiger partial charge on any atom is -0.379 e. The lowest BCUT2D eigenvalue weighted by atomic mass is 10.2. The van der Waals surface area contributed by atoms with Crippen molar-refractivity contribution < 1.29 is 4.74 Å². The highest BCUT2D eigenvalue weighted by molar-refractivity contribution is 5.39. The number of aryl methyl sites for hydroxylation is 1. The van der Waals surface area contributed by atoms with Crippen molar-refractivity contribution in [2.24, 2.45) is 7.05 Å². The molecule has 0 bridgehead atoms. The van der Waals surface area contributed by atoms with Gasteiger partial charge in [-0.3, -0.25) is 14.3 Å². The molecule has 22 heavy (non-hydrogen) atoms. The molecule has 0 aliphatic carbocycles. The van der Waals surface area contributed by atoms with E-state index in [0.29, 0.717) is 0 Å². The van der Waals surface area contributed by atoms with E-state index in [-0.39, 0.29) is 0 Å². The molecular weight excluding hydrogens is 280 g/mol. The third-order valence-electron chi connectivity index (χ3n) is 4.20. The first-order valence-electron chi connectivity index (χ1n) is 7.76. The first kappa shape index (κ1) is 15.1. The van der Waals surface area contributed by atoms with Gasteiger partial charge in [-0.2, -0.15) is 10.2 Å². The summed E-state index contributed by atoms with van der Waals surface area (Å²) in [7, 11) is 1.96. The van der Waals surface area contributed by atoms with Crippen LogP contribution in [0.25, 0.3) is 0 Å². The van der Waals surface area contributed by atoms with Gasteiger partial charge in [0.1, 0.15) is 0 Å². The zero-order chi connectivity index (χ0) is 15.4. The van der Waals surface area contributed by atoms with Gasteiger partial charge in [0.2, 0.25) is 0 Å². The number of morpholine rings is 1. The van der Waals surface area contributed by atoms with E-state index < -0.39 is 0 Å². The molecule has 1 N–H and O–H groups in total. The summed E-state index contributed by atoms with van der Waals surface area (Å²) in [4.78, 5) is 2.41. The molecule has 2 aromatic heterocycles. The van der Waals surface area contributed by atoms with E-state index in [9.17, 15) is 0 Å². The van der Waals surface area contributed by atoms with E-state index in [4.69, 9.17) is 4.74 Å². The maximum absolute atomic E-state index is 5.36. The molecule has 0 saturated carbocycles. The Morgan fingerprint density at radius 1 is 1.18 bits per heavy atom. The number of hydrogen-bond acceptors (Lipinski definition) is 5. The van der Waals surface area contributed by atoms with Gasteiger partial charge < -0.3 is 10.1 Å². The lowest BCUT2D eigenvalue weighted by Gasteiger charge is -2.26. The van der Waals surface area contributed by atoms with E-state index in [1.807, 2.05) is 28.8 Å². The van der Waals surface area contributed by atoms with Crippen molar-refractivity contribution in [1.29, 1.82) is 0 Å². The molecule has 7 nitrogen and oxygen atoms in total. The van der Waals surface area contributed by atoms with Crippen LogP contribution < -0.4 is 5.32 Å². The maximum Gasteiger partial charge on any atom is 0.0729 e. The Bertz CT molecular complexity index is 599. The van der Waals surface area contributed by atoms with Crippen LogP contribution in [0.3, 0.4) is 0 Å². The lowest BCUT2D eigenvalue weighted by Crippen LogP contribution is -2.38. The van der Waals surface area contributed by atoms with Gasteiger partial charge in [0.05, 0.1) is 37.8 Å². The molecule has 0 unspecified atom stereocenters. The molecule has 120 valence electrons. The fourth-order valence-corrected chi connectivity index (χ4v) is 2.56. The third-order valence-corrected chi connectivity index (χ3v) is 4.20. The molecule has 0 aromatic carbocycles. The number of hydrogen-bond donors (Lipinski definition) is 1. The monoisotopic (exact) mass is 304 g/mol. The zero-order valence-corrected chi connectivity index (χ0v) is 13.3. The Morgan fingerprint density at radius 2 is 2.00 bits per heavy atom. The second-order valence-electron chi connectivity index (χ2n) is 5.68. The fourth-order valence-electron chi connectivity index (χ4n) is 2.56. The van der Waals surface area contributed by atoms with Gasteiger partial charge in [0, 0.05) is 50.7 Å².